The van der Waals surface area contributed by atoms with Crippen molar-refractivity contribution in [3.63, 3.8) is 0 Å². The highest BCUT2D eigenvalue weighted by molar-refractivity contribution is 5.92. The minimum Gasteiger partial charge on any atom is -0.379 e. The molecule has 8 heteroatoms. The van der Waals surface area contributed by atoms with Gasteiger partial charge in [-0.25, -0.2) is 5.01 Å². The molecule has 1 aliphatic heterocycles. The van der Waals surface area contributed by atoms with Crippen molar-refractivity contribution in [2.24, 2.45) is 5.92 Å². The highest BCUT2D eigenvalue weighted by atomic mass is 16.5. The Morgan fingerprint density at radius 3 is 2.59 bits per heavy atom. The van der Waals surface area contributed by atoms with Gasteiger partial charge in [-0.2, -0.15) is 0 Å². The average Bonchev–Trinajstić information content (AvgIpc) is 2.90. The summed E-state index contributed by atoms with van der Waals surface area (Å²) in [4.78, 5) is 44.5. The number of hydrogen-bond donors (Lipinski definition) is 2. The lowest BCUT2D eigenvalue weighted by atomic mass is 9.76. The number of allylic oxidation sites excluding steroid dienone is 2. The van der Waals surface area contributed by atoms with Gasteiger partial charge < -0.3 is 9.72 Å². The molecule has 0 radical (unpaired) electrons. The third-order valence-electron chi connectivity index (χ3n) is 7.15. The molecule has 194 valence electrons. The summed E-state index contributed by atoms with van der Waals surface area (Å²) >= 11 is 0. The highest BCUT2D eigenvalue weighted by Crippen LogP contribution is 2.37. The summed E-state index contributed by atoms with van der Waals surface area (Å²) in [6.45, 7) is 11.6. The van der Waals surface area contributed by atoms with Crippen molar-refractivity contribution in [1.82, 2.24) is 20.3 Å². The maximum Gasteiger partial charge on any atom is 0.261 e. The van der Waals surface area contributed by atoms with Gasteiger partial charge in [0.2, 0.25) is 5.91 Å². The number of ether oxygens (including phenoxy) is 1. The lowest BCUT2D eigenvalue weighted by Crippen LogP contribution is -2.60. The Bertz CT molecular complexity index is 1290. The van der Waals surface area contributed by atoms with Crippen LogP contribution in [-0.2, 0) is 20.9 Å². The summed E-state index contributed by atoms with van der Waals surface area (Å²) in [5.41, 5.74) is 5.50. The Kier molecular flexibility index (Phi) is 7.90. The number of H-pyrrole nitrogens is 1. The quantitative estimate of drug-likeness (QED) is 0.468. The Balaban J connectivity index is 1.77. The van der Waals surface area contributed by atoms with Gasteiger partial charge in [0.1, 0.15) is 0 Å². The Hall–Kier alpha value is -3.75. The SMILES string of the molecule is C=CC(=O)NN(Cc1c(C)cc(C)[nH]c1=O)C(=O)C1C=C(c2ccccc2)C=CC1(C)N1CCOCC1. The van der Waals surface area contributed by atoms with Crippen LogP contribution in [-0.4, -0.2) is 58.5 Å². The second-order valence-electron chi connectivity index (χ2n) is 9.67. The lowest BCUT2D eigenvalue weighted by Gasteiger charge is -2.47. The Labute approximate surface area is 217 Å². The molecule has 2 N–H and O–H groups in total. The number of rotatable bonds is 6. The molecule has 1 saturated heterocycles. The van der Waals surface area contributed by atoms with E-state index in [4.69, 9.17) is 4.74 Å². The molecule has 0 spiro atoms. The zero-order valence-electron chi connectivity index (χ0n) is 21.6. The molecular weight excluding hydrogens is 468 g/mol. The molecule has 1 aromatic heterocycles. The molecule has 2 aliphatic rings. The summed E-state index contributed by atoms with van der Waals surface area (Å²) in [5.74, 6) is -1.48. The van der Waals surface area contributed by atoms with E-state index in [1.54, 1.807) is 6.92 Å². The molecule has 2 atom stereocenters. The van der Waals surface area contributed by atoms with E-state index in [0.29, 0.717) is 31.9 Å². The van der Waals surface area contributed by atoms with Crippen molar-refractivity contribution < 1.29 is 14.3 Å². The van der Waals surface area contributed by atoms with Gasteiger partial charge in [-0.15, -0.1) is 0 Å². The van der Waals surface area contributed by atoms with E-state index in [0.717, 1.165) is 28.5 Å². The Morgan fingerprint density at radius 1 is 1.24 bits per heavy atom. The van der Waals surface area contributed by atoms with E-state index in [9.17, 15) is 14.4 Å². The molecule has 0 bridgehead atoms. The van der Waals surface area contributed by atoms with Crippen LogP contribution < -0.4 is 11.0 Å². The second kappa shape index (κ2) is 11.1. The number of carbonyl (C=O) groups is 2. The number of aromatic amines is 1. The van der Waals surface area contributed by atoms with E-state index in [2.05, 4.69) is 34.0 Å². The monoisotopic (exact) mass is 502 g/mol. The van der Waals surface area contributed by atoms with Gasteiger partial charge in [0, 0.05) is 24.3 Å². The normalized spacial score (nSPS) is 21.7. The first-order chi connectivity index (χ1) is 17.7. The molecule has 2 aromatic rings. The maximum absolute atomic E-state index is 14.3. The average molecular weight is 503 g/mol. The van der Waals surface area contributed by atoms with Crippen LogP contribution in [0.2, 0.25) is 0 Å². The van der Waals surface area contributed by atoms with Crippen LogP contribution in [0.3, 0.4) is 0 Å². The number of hydrazine groups is 1. The van der Waals surface area contributed by atoms with Crippen LogP contribution in [0.1, 0.15) is 29.3 Å². The molecule has 37 heavy (non-hydrogen) atoms. The summed E-state index contributed by atoms with van der Waals surface area (Å²) in [5, 5.41) is 1.25. The number of amides is 2. The van der Waals surface area contributed by atoms with Crippen LogP contribution in [0.4, 0.5) is 0 Å². The standard InChI is InChI=1S/C29H34N4O4/c1-5-26(34)31-33(19-24-20(2)17-21(3)30-27(24)35)28(36)25-18-23(22-9-7-6-8-10-22)11-12-29(25,4)32-13-15-37-16-14-32/h5-12,17-18,25H,1,13-16,19H2,2-4H3,(H,30,35)(H,31,34). The molecule has 1 fully saturated rings. The van der Waals surface area contributed by atoms with Gasteiger partial charge in [-0.05, 0) is 49.6 Å². The lowest BCUT2D eigenvalue weighted by molar-refractivity contribution is -0.146. The van der Waals surface area contributed by atoms with E-state index in [-0.39, 0.29) is 18.0 Å². The number of aryl methyl sites for hydroxylation is 2. The number of benzene rings is 1. The van der Waals surface area contributed by atoms with Crippen LogP contribution in [0.25, 0.3) is 5.57 Å². The molecule has 0 saturated carbocycles. The molecule has 1 aliphatic carbocycles. The van der Waals surface area contributed by atoms with Crippen LogP contribution in [0, 0.1) is 19.8 Å². The van der Waals surface area contributed by atoms with Crippen molar-refractivity contribution in [1.29, 1.82) is 0 Å². The summed E-state index contributed by atoms with van der Waals surface area (Å²) in [6, 6.07) is 11.7. The van der Waals surface area contributed by atoms with E-state index in [1.165, 1.54) is 5.01 Å². The predicted molar refractivity (Wildman–Crippen MR) is 143 cm³/mol. The van der Waals surface area contributed by atoms with E-state index in [1.807, 2.05) is 56.3 Å². The predicted octanol–water partition coefficient (Wildman–Crippen LogP) is 2.90. The first-order valence-electron chi connectivity index (χ1n) is 12.5. The molecule has 8 nitrogen and oxygen atoms in total. The number of hydrogen-bond acceptors (Lipinski definition) is 5. The topological polar surface area (TPSA) is 94.7 Å². The maximum atomic E-state index is 14.3. The van der Waals surface area contributed by atoms with Crippen molar-refractivity contribution in [3.8, 4) is 0 Å². The minimum absolute atomic E-state index is 0.0756. The van der Waals surface area contributed by atoms with Gasteiger partial charge in [0.25, 0.3) is 11.5 Å². The number of pyridine rings is 1. The zero-order valence-corrected chi connectivity index (χ0v) is 21.6. The largest absolute Gasteiger partial charge is 0.379 e. The van der Waals surface area contributed by atoms with Crippen LogP contribution in [0.15, 0.2) is 72.1 Å². The first-order valence-corrected chi connectivity index (χ1v) is 12.5. The molecule has 2 heterocycles. The number of nitrogens with one attached hydrogen (secondary N) is 2. The second-order valence-corrected chi connectivity index (χ2v) is 9.67. The number of morpholine rings is 1. The Morgan fingerprint density at radius 2 is 1.95 bits per heavy atom. The fourth-order valence-electron chi connectivity index (χ4n) is 5.01. The smallest absolute Gasteiger partial charge is 0.261 e. The molecule has 4 rings (SSSR count). The number of carbonyl (C=O) groups excluding carboxylic acids is 2. The highest BCUT2D eigenvalue weighted by Gasteiger charge is 2.45. The number of aromatic nitrogens is 1. The zero-order chi connectivity index (χ0) is 26.6. The van der Waals surface area contributed by atoms with E-state index < -0.39 is 17.4 Å². The third kappa shape index (κ3) is 5.65. The fraction of sp³-hybridized carbons (Fsp3) is 0.345. The van der Waals surface area contributed by atoms with E-state index >= 15 is 0 Å². The summed E-state index contributed by atoms with van der Waals surface area (Å²) < 4.78 is 5.57. The molecular formula is C29H34N4O4. The first kappa shape index (κ1) is 26.3. The van der Waals surface area contributed by atoms with Crippen molar-refractivity contribution in [3.05, 3.63) is 100 Å². The van der Waals surface area contributed by atoms with Crippen molar-refractivity contribution in [2.45, 2.75) is 32.9 Å². The number of nitrogens with zero attached hydrogens (tertiary/aromatic N) is 2. The molecule has 2 unspecified atom stereocenters. The van der Waals surface area contributed by atoms with Crippen molar-refractivity contribution in [2.75, 3.05) is 26.3 Å². The van der Waals surface area contributed by atoms with Gasteiger partial charge in [-0.1, -0.05) is 55.1 Å². The van der Waals surface area contributed by atoms with Gasteiger partial charge in [-0.3, -0.25) is 24.7 Å². The molecule has 2 amide bonds. The fourth-order valence-corrected chi connectivity index (χ4v) is 5.01. The summed E-state index contributed by atoms with van der Waals surface area (Å²) in [6.07, 6.45) is 7.20. The van der Waals surface area contributed by atoms with Crippen LogP contribution >= 0.6 is 0 Å². The molecule has 1 aromatic carbocycles. The van der Waals surface area contributed by atoms with Gasteiger partial charge >= 0.3 is 0 Å². The van der Waals surface area contributed by atoms with Gasteiger partial charge in [0.05, 0.1) is 31.2 Å². The van der Waals surface area contributed by atoms with Crippen molar-refractivity contribution >= 4 is 17.4 Å². The van der Waals surface area contributed by atoms with Crippen LogP contribution in [0.5, 0.6) is 0 Å². The third-order valence-corrected chi connectivity index (χ3v) is 7.15. The summed E-state index contributed by atoms with van der Waals surface area (Å²) in [7, 11) is 0. The minimum atomic E-state index is -0.662. The van der Waals surface area contributed by atoms with Gasteiger partial charge in [0.15, 0.2) is 0 Å².